The molecule has 0 aliphatic heterocycles. The van der Waals surface area contributed by atoms with Gasteiger partial charge in [0.05, 0.1) is 31.4 Å². The third-order valence-corrected chi connectivity index (χ3v) is 10.7. The number of ether oxygens (including phenoxy) is 4. The maximum atomic E-state index is 12.1. The van der Waals surface area contributed by atoms with Gasteiger partial charge in [0.15, 0.2) is 5.78 Å². The summed E-state index contributed by atoms with van der Waals surface area (Å²) >= 11 is 0. The van der Waals surface area contributed by atoms with Crippen LogP contribution in [0, 0.1) is 33.8 Å². The minimum Gasteiger partial charge on any atom is -1.00 e. The van der Waals surface area contributed by atoms with Crippen LogP contribution in [-0.4, -0.2) is 152 Å². The topological polar surface area (TPSA) is 304 Å². The number of hydrogen-bond acceptors (Lipinski definition) is 15. The van der Waals surface area contributed by atoms with E-state index >= 15 is 0 Å². The number of benzene rings is 4. The zero-order chi connectivity index (χ0) is 67.1. The normalized spacial score (nSPS) is 13.0. The van der Waals surface area contributed by atoms with Gasteiger partial charge in [0.25, 0.3) is 5.91 Å². The number of rotatable bonds is 13. The second-order valence-corrected chi connectivity index (χ2v) is 24.3. The molecule has 0 aliphatic rings. The number of nitrogens with one attached hydrogen (secondary N) is 4. The Kier molecular flexibility index (Phi) is 42.6. The van der Waals surface area contributed by atoms with Crippen LogP contribution in [0.25, 0.3) is 0 Å². The number of amides is 5. The fourth-order valence-corrected chi connectivity index (χ4v) is 6.13. The Balaban J connectivity index is -0.000000489. The molecule has 5 amide bonds. The monoisotopic (exact) mass is 1310 g/mol. The van der Waals surface area contributed by atoms with E-state index < -0.39 is 89.1 Å². The van der Waals surface area contributed by atoms with Crippen LogP contribution in [0.15, 0.2) is 97.1 Å². The molecule has 0 unspecified atom stereocenters. The Bertz CT molecular complexity index is 2660. The molecule has 490 valence electrons. The summed E-state index contributed by atoms with van der Waals surface area (Å²) < 4.78 is 20.1. The zero-order valence-electron chi connectivity index (χ0n) is 56.1. The van der Waals surface area contributed by atoms with Crippen LogP contribution in [0.3, 0.4) is 0 Å². The third-order valence-electron chi connectivity index (χ3n) is 10.7. The van der Waals surface area contributed by atoms with E-state index in [-0.39, 0.29) is 57.8 Å². The van der Waals surface area contributed by atoms with Crippen molar-refractivity contribution < 1.29 is 89.6 Å². The van der Waals surface area contributed by atoms with Gasteiger partial charge in [-0.15, -0.1) is 0 Å². The first-order valence-electron chi connectivity index (χ1n) is 28.1. The number of nitrogens with zero attached hydrogens (tertiary/aromatic N) is 1. The molecule has 0 spiro atoms. The number of carboxylic acid groups (broad SMARTS) is 1. The summed E-state index contributed by atoms with van der Waals surface area (Å²) in [6.45, 7) is 37.2. The van der Waals surface area contributed by atoms with Crippen molar-refractivity contribution in [2.24, 2.45) is 5.73 Å². The Morgan fingerprint density at radius 3 is 1.08 bits per heavy atom. The fourth-order valence-electron chi connectivity index (χ4n) is 6.13. The van der Waals surface area contributed by atoms with Gasteiger partial charge < -0.3 is 78.2 Å². The molecule has 4 aromatic carbocycles. The van der Waals surface area contributed by atoms with Crippen LogP contribution in [0.2, 0.25) is 0 Å². The number of aryl methyl sites for hydroxylation is 4. The van der Waals surface area contributed by atoms with Crippen molar-refractivity contribution >= 4 is 65.1 Å². The summed E-state index contributed by atoms with van der Waals surface area (Å²) in [5, 5.41) is 39.0. The van der Waals surface area contributed by atoms with Crippen LogP contribution in [-0.2, 0) is 33.4 Å². The number of halogens is 1. The molecule has 0 saturated carbocycles. The number of likely N-dealkylation sites (N-methyl/N-ethyl adjacent to an activating group) is 1. The van der Waals surface area contributed by atoms with E-state index in [1.54, 1.807) is 123 Å². The molecule has 0 radical (unpaired) electrons. The summed E-state index contributed by atoms with van der Waals surface area (Å²) in [7, 11) is 2.84. The van der Waals surface area contributed by atoms with E-state index in [1.165, 1.54) is 32.2 Å². The number of aliphatic hydroxyl groups excluding tert-OH is 2. The van der Waals surface area contributed by atoms with Gasteiger partial charge in [-0.3, -0.25) is 19.2 Å². The number of carbonyl (C=O) groups excluding carboxylic acids is 6. The third kappa shape index (κ3) is 44.1. The van der Waals surface area contributed by atoms with Gasteiger partial charge in [-0.2, -0.15) is 35.9 Å². The van der Waals surface area contributed by atoms with Crippen molar-refractivity contribution in [1.29, 1.82) is 0 Å². The Morgan fingerprint density at radius 2 is 0.784 bits per heavy atom. The molecule has 4 rings (SSSR count). The van der Waals surface area contributed by atoms with Gasteiger partial charge in [-0.25, -0.2) is 24.2 Å². The van der Waals surface area contributed by atoms with Gasteiger partial charge in [0.2, 0.25) is 0 Å². The van der Waals surface area contributed by atoms with Gasteiger partial charge in [-0.05, 0) is 150 Å². The molecule has 0 aromatic heterocycles. The van der Waals surface area contributed by atoms with Crippen molar-refractivity contribution in [2.75, 3.05) is 14.2 Å². The summed E-state index contributed by atoms with van der Waals surface area (Å²) in [6.07, 6.45) is -3.76. The Labute approximate surface area is 550 Å². The second-order valence-electron chi connectivity index (χ2n) is 24.3. The van der Waals surface area contributed by atoms with Crippen molar-refractivity contribution in [1.82, 2.24) is 26.3 Å². The van der Waals surface area contributed by atoms with Gasteiger partial charge in [0.1, 0.15) is 34.5 Å². The van der Waals surface area contributed by atoms with E-state index in [9.17, 15) is 43.8 Å². The number of aliphatic hydroxyl groups is 2. The zero-order valence-corrected chi connectivity index (χ0v) is 59.1. The Morgan fingerprint density at radius 1 is 0.489 bits per heavy atom. The fraction of sp³-hybridized carbons (Fsp3) is 0.523. The standard InChI is InChI=1S/C15H23NO3.C15H21NO3.C10H20N2O4.C10H15NO.C8H15NO4.C7H7.BrH.Mg/c2*1-10-6-8-12(9-7-10)13(17)11(2)16-14(18)19-15(3,4)5;1-7(8(13)12(5)15-6)11-9(14)16-10(2,3)4;1-7-3-5-9(6-4-7)10(12)8(2)11;1-5(6(10)11)9-7(12)13-8(2,3)4;1-7-5-3-2-4-6-7;;/h6-9,11,13,17H,1-5H3,(H,16,18);6-9,11H,1-5H3,(H,16,18);7H,1-6H3,(H,11,14);3-6,8,10,12H,11H2,1-2H3;5H,1-4H3,(H,9,12)(H,10,11);3-6H,1H3;1H;/q;;;;;-1;;+2/p-1/t11-,13-;11-;7-;8-,10-;5-;;;/m00000.../s1. The molecule has 4 aromatic rings. The number of Topliss-reactive ketones (excluding diaryl/α,β-unsaturated/α-hetero) is 1. The van der Waals surface area contributed by atoms with Gasteiger partial charge >= 0.3 is 53.4 Å². The smallest absolute Gasteiger partial charge is 1.00 e. The van der Waals surface area contributed by atoms with Crippen LogP contribution >= 0.6 is 0 Å². The van der Waals surface area contributed by atoms with Gasteiger partial charge in [0, 0.05) is 18.7 Å². The van der Waals surface area contributed by atoms with Crippen molar-refractivity contribution in [3.63, 3.8) is 0 Å². The van der Waals surface area contributed by atoms with E-state index in [0.717, 1.165) is 27.3 Å². The van der Waals surface area contributed by atoms with Crippen LogP contribution in [0.4, 0.5) is 19.2 Å². The number of carbonyl (C=O) groups is 7. The average molecular weight is 1310 g/mol. The predicted molar refractivity (Wildman–Crippen MR) is 340 cm³/mol. The number of hydroxylamine groups is 2. The molecule has 9 N–H and O–H groups in total. The van der Waals surface area contributed by atoms with E-state index in [1.807, 2.05) is 106 Å². The number of nitrogens with two attached hydrogens (primary N) is 1. The minimum absolute atomic E-state index is 0. The van der Waals surface area contributed by atoms with Crippen LogP contribution in [0.5, 0.6) is 0 Å². The Hall–Kier alpha value is -6.34. The molecule has 0 fully saturated rings. The molecular formula is C65H101BrMgN6O15. The predicted octanol–water partition coefficient (Wildman–Crippen LogP) is 7.73. The maximum absolute atomic E-state index is 12.1. The summed E-state index contributed by atoms with van der Waals surface area (Å²) in [6, 6.07) is 30.5. The molecule has 88 heavy (non-hydrogen) atoms. The van der Waals surface area contributed by atoms with E-state index in [0.29, 0.717) is 5.56 Å². The molecule has 7 atom stereocenters. The van der Waals surface area contributed by atoms with Crippen molar-refractivity contribution in [2.45, 2.75) is 210 Å². The quantitative estimate of drug-likeness (QED) is 0.0209. The molecular weight excluding hydrogens is 1210 g/mol. The summed E-state index contributed by atoms with van der Waals surface area (Å²) in [5.74, 6) is -1.58. The van der Waals surface area contributed by atoms with Crippen LogP contribution in [0.1, 0.15) is 174 Å². The van der Waals surface area contributed by atoms with E-state index in [4.69, 9.17) is 34.6 Å². The molecule has 23 heteroatoms. The average Bonchev–Trinajstić information content (AvgIpc) is 3.59. The van der Waals surface area contributed by atoms with Crippen LogP contribution < -0.4 is 44.0 Å². The number of carboxylic acids is 1. The van der Waals surface area contributed by atoms with Crippen molar-refractivity contribution in [3.05, 3.63) is 142 Å². The first-order valence-corrected chi connectivity index (χ1v) is 28.1. The SMILES string of the molecule is CON(C)C(=O)[C@H](C)NC(=O)OC(C)(C)C.C[C@H](NC(=O)OC(C)(C)C)C(=O)O.Cc1cc[c-]cc1.Cc1ccc(C(=O)[C@H](C)NC(=O)OC(C)(C)C)cc1.Cc1ccc([C@@H](O)[C@H](C)N)cc1.Cc1ccc([C@@H](O)[C@H](C)NC(=O)OC(C)(C)C)cc1.[Br-].[Mg+2]. The number of ketones is 1. The molecule has 21 nitrogen and oxygen atoms in total. The number of hydrogen-bond donors (Lipinski definition) is 8. The minimum atomic E-state index is -1.09. The van der Waals surface area contributed by atoms with E-state index in [2.05, 4.69) is 34.3 Å². The molecule has 0 aliphatic carbocycles. The summed E-state index contributed by atoms with van der Waals surface area (Å²) in [4.78, 5) is 84.1. The first-order chi connectivity index (χ1) is 39.3. The van der Waals surface area contributed by atoms with Gasteiger partial charge in [-0.1, -0.05) is 96.4 Å². The molecule has 0 heterocycles. The molecule has 0 saturated heterocycles. The maximum Gasteiger partial charge on any atom is 2.00 e. The number of aliphatic carboxylic acids is 1. The second kappa shape index (κ2) is 42.6. The first kappa shape index (κ1) is 88.1. The number of alkyl carbamates (subject to hydrolysis) is 4. The van der Waals surface area contributed by atoms with Crippen molar-refractivity contribution in [3.8, 4) is 0 Å². The molecule has 0 bridgehead atoms. The summed E-state index contributed by atoms with van der Waals surface area (Å²) in [5.41, 5.74) is 10.2. The largest absolute Gasteiger partial charge is 2.00 e.